The zero-order valence-electron chi connectivity index (χ0n) is 21.0. The number of aromatic nitrogens is 5. The molecule has 8 nitrogen and oxygen atoms in total. The Morgan fingerprint density at radius 1 is 1.02 bits per heavy atom. The summed E-state index contributed by atoms with van der Waals surface area (Å²) in [7, 11) is 0. The van der Waals surface area contributed by atoms with Crippen molar-refractivity contribution in [3.63, 3.8) is 0 Å². The average Bonchev–Trinajstić information content (AvgIpc) is 3.44. The van der Waals surface area contributed by atoms with E-state index in [1.807, 2.05) is 6.07 Å². The van der Waals surface area contributed by atoms with Crippen molar-refractivity contribution in [2.45, 2.75) is 25.4 Å². The molecule has 3 heterocycles. The van der Waals surface area contributed by atoms with Crippen LogP contribution in [0.2, 0.25) is 5.02 Å². The van der Waals surface area contributed by atoms with E-state index in [2.05, 4.69) is 30.9 Å². The second-order valence-corrected chi connectivity index (χ2v) is 9.39. The third-order valence-electron chi connectivity index (χ3n) is 6.23. The van der Waals surface area contributed by atoms with Crippen LogP contribution in [0.4, 0.5) is 39.0 Å². The number of hydrogen-bond acceptors (Lipinski definition) is 7. The molecule has 0 saturated heterocycles. The zero-order chi connectivity index (χ0) is 29.3. The maximum absolute atomic E-state index is 13.8. The number of halogens is 6. The first-order chi connectivity index (χ1) is 19.6. The number of pyridine rings is 2. The fraction of sp³-hybridized carbons (Fsp3) is 0.148. The van der Waals surface area contributed by atoms with Gasteiger partial charge in [-0.3, -0.25) is 4.98 Å². The molecule has 2 N–H and O–H groups in total. The summed E-state index contributed by atoms with van der Waals surface area (Å²) in [5.41, 5.74) is 1.77. The van der Waals surface area contributed by atoms with Gasteiger partial charge in [-0.2, -0.15) is 9.65 Å². The second kappa shape index (κ2) is 11.3. The van der Waals surface area contributed by atoms with Crippen molar-refractivity contribution in [1.29, 1.82) is 5.26 Å². The molecule has 14 heteroatoms. The Labute approximate surface area is 234 Å². The van der Waals surface area contributed by atoms with Crippen LogP contribution in [0.25, 0.3) is 10.9 Å². The summed E-state index contributed by atoms with van der Waals surface area (Å²) in [6, 6.07) is 9.37. The van der Waals surface area contributed by atoms with Crippen LogP contribution in [0.3, 0.4) is 0 Å². The molecule has 0 aliphatic rings. The topological polar surface area (TPSA) is 104 Å². The molecule has 0 spiro atoms. The van der Waals surface area contributed by atoms with E-state index in [9.17, 15) is 27.2 Å². The average molecular weight is 585 g/mol. The molecule has 3 aromatic heterocycles. The Hall–Kier alpha value is -4.83. The smallest absolute Gasteiger partial charge is 0.260 e. The standard InChI is InChI=1S/C27H18ClF5N8/c1-13(26(31)32)41-12-22(39-40-41)24(14-2-4-17(29)5-3-14)38-21-7-16(28)6-19-23(15(9-34)10-35-25(19)21)37-18-8-20(30)27(33)36-11-18/h2-8,10-13,24,26,38H,1H3,(H,35,37)/t13?,24-/m0/s1. The largest absolute Gasteiger partial charge is 0.371 e. The molecule has 5 rings (SSSR count). The van der Waals surface area contributed by atoms with Gasteiger partial charge in [0.2, 0.25) is 5.95 Å². The molecule has 0 aliphatic carbocycles. The van der Waals surface area contributed by atoms with Crippen molar-refractivity contribution in [1.82, 2.24) is 25.0 Å². The fourth-order valence-corrected chi connectivity index (χ4v) is 4.33. The lowest BCUT2D eigenvalue weighted by molar-refractivity contribution is 0.0845. The summed E-state index contributed by atoms with van der Waals surface area (Å²) in [6.45, 7) is 1.29. The van der Waals surface area contributed by atoms with Gasteiger partial charge in [-0.25, -0.2) is 27.2 Å². The first kappa shape index (κ1) is 27.7. The second-order valence-electron chi connectivity index (χ2n) is 8.96. The van der Waals surface area contributed by atoms with Gasteiger partial charge >= 0.3 is 0 Å². The van der Waals surface area contributed by atoms with Gasteiger partial charge in [0, 0.05) is 22.7 Å². The van der Waals surface area contributed by atoms with E-state index in [4.69, 9.17) is 11.6 Å². The Kier molecular flexibility index (Phi) is 7.67. The number of nitrogens with one attached hydrogen (secondary N) is 2. The molecule has 0 fully saturated rings. The van der Waals surface area contributed by atoms with E-state index in [0.29, 0.717) is 22.2 Å². The predicted molar refractivity (Wildman–Crippen MR) is 142 cm³/mol. The van der Waals surface area contributed by atoms with Crippen LogP contribution in [-0.2, 0) is 0 Å². The molecule has 2 atom stereocenters. The van der Waals surface area contributed by atoms with E-state index in [-0.39, 0.29) is 27.7 Å². The molecule has 208 valence electrons. The molecule has 5 aromatic rings. The number of hydrogen-bond donors (Lipinski definition) is 2. The summed E-state index contributed by atoms with van der Waals surface area (Å²) >= 11 is 6.45. The molecule has 0 radical (unpaired) electrons. The van der Waals surface area contributed by atoms with Crippen molar-refractivity contribution < 1.29 is 22.0 Å². The monoisotopic (exact) mass is 584 g/mol. The van der Waals surface area contributed by atoms with E-state index < -0.39 is 36.1 Å². The van der Waals surface area contributed by atoms with Crippen LogP contribution < -0.4 is 10.6 Å². The minimum absolute atomic E-state index is 0.0661. The summed E-state index contributed by atoms with van der Waals surface area (Å²) in [6.07, 6.45) is 1.01. The maximum Gasteiger partial charge on any atom is 0.260 e. The third kappa shape index (κ3) is 5.73. The van der Waals surface area contributed by atoms with Gasteiger partial charge in [0.1, 0.15) is 23.6 Å². The number of anilines is 3. The van der Waals surface area contributed by atoms with E-state index in [1.165, 1.54) is 49.6 Å². The minimum Gasteiger partial charge on any atom is -0.371 e. The number of fused-ring (bicyclic) bond motifs is 1. The number of alkyl halides is 2. The van der Waals surface area contributed by atoms with Crippen molar-refractivity contribution in [2.75, 3.05) is 10.6 Å². The van der Waals surface area contributed by atoms with E-state index in [0.717, 1.165) is 16.9 Å². The highest BCUT2D eigenvalue weighted by Gasteiger charge is 2.24. The zero-order valence-corrected chi connectivity index (χ0v) is 21.7. The number of nitrogens with zero attached hydrogens (tertiary/aromatic N) is 6. The van der Waals surface area contributed by atoms with Crippen molar-refractivity contribution in [2.24, 2.45) is 0 Å². The van der Waals surface area contributed by atoms with Gasteiger partial charge in [0.05, 0.1) is 46.6 Å². The molecule has 41 heavy (non-hydrogen) atoms. The molecular formula is C27H18ClF5N8. The summed E-state index contributed by atoms with van der Waals surface area (Å²) in [5.74, 6) is -2.95. The minimum atomic E-state index is -2.69. The fourth-order valence-electron chi connectivity index (χ4n) is 4.11. The van der Waals surface area contributed by atoms with Crippen LogP contribution in [0.1, 0.15) is 35.8 Å². The third-order valence-corrected chi connectivity index (χ3v) is 6.45. The SMILES string of the molecule is CC(C(F)F)n1cc([C@@H](Nc2cc(Cl)cc3c(Nc4cnc(F)c(F)c4)c(C#N)cnc23)c2ccc(F)cc2)nn1. The number of nitriles is 1. The molecule has 0 amide bonds. The van der Waals surface area contributed by atoms with Gasteiger partial charge in [-0.15, -0.1) is 5.10 Å². The molecule has 1 unspecified atom stereocenters. The Morgan fingerprint density at radius 2 is 1.78 bits per heavy atom. The highest BCUT2D eigenvalue weighted by molar-refractivity contribution is 6.32. The lowest BCUT2D eigenvalue weighted by Crippen LogP contribution is -2.15. The Bertz CT molecular complexity index is 1770. The molecular weight excluding hydrogens is 567 g/mol. The van der Waals surface area contributed by atoms with Crippen LogP contribution in [0.5, 0.6) is 0 Å². The Balaban J connectivity index is 1.62. The number of benzene rings is 2. The lowest BCUT2D eigenvalue weighted by atomic mass is 10.0. The van der Waals surface area contributed by atoms with Crippen molar-refractivity contribution in [3.05, 3.63) is 100 Å². The van der Waals surface area contributed by atoms with E-state index in [1.54, 1.807) is 6.07 Å². The van der Waals surface area contributed by atoms with Crippen LogP contribution >= 0.6 is 11.6 Å². The Morgan fingerprint density at radius 3 is 2.46 bits per heavy atom. The van der Waals surface area contributed by atoms with Crippen LogP contribution in [-0.4, -0.2) is 31.4 Å². The molecule has 0 bridgehead atoms. The summed E-state index contributed by atoms with van der Waals surface area (Å²) < 4.78 is 68.6. The van der Waals surface area contributed by atoms with Gasteiger partial charge in [0.25, 0.3) is 6.43 Å². The summed E-state index contributed by atoms with van der Waals surface area (Å²) in [4.78, 5) is 7.76. The molecule has 0 saturated carbocycles. The van der Waals surface area contributed by atoms with Crippen molar-refractivity contribution in [3.8, 4) is 6.07 Å². The molecule has 2 aromatic carbocycles. The van der Waals surface area contributed by atoms with Gasteiger partial charge in [0.15, 0.2) is 5.82 Å². The van der Waals surface area contributed by atoms with Gasteiger partial charge in [-0.05, 0) is 36.8 Å². The first-order valence-corrected chi connectivity index (χ1v) is 12.3. The van der Waals surface area contributed by atoms with Crippen LogP contribution in [0, 0.1) is 28.9 Å². The van der Waals surface area contributed by atoms with Gasteiger partial charge in [-0.1, -0.05) is 28.9 Å². The summed E-state index contributed by atoms with van der Waals surface area (Å²) in [5, 5.41) is 24.3. The normalized spacial score (nSPS) is 12.8. The first-order valence-electron chi connectivity index (χ1n) is 12.0. The number of rotatable bonds is 8. The highest BCUT2D eigenvalue weighted by Crippen LogP contribution is 2.37. The quantitative estimate of drug-likeness (QED) is 0.150. The highest BCUT2D eigenvalue weighted by atomic mass is 35.5. The van der Waals surface area contributed by atoms with Crippen molar-refractivity contribution >= 4 is 39.6 Å². The van der Waals surface area contributed by atoms with Gasteiger partial charge < -0.3 is 10.6 Å². The predicted octanol–water partition coefficient (Wildman–Crippen LogP) is 6.93. The lowest BCUT2D eigenvalue weighted by Gasteiger charge is -2.21. The van der Waals surface area contributed by atoms with E-state index >= 15 is 0 Å². The molecule has 0 aliphatic heterocycles. The maximum atomic E-state index is 13.8. The van der Waals surface area contributed by atoms with Crippen LogP contribution in [0.15, 0.2) is 61.1 Å².